The van der Waals surface area contributed by atoms with E-state index in [4.69, 9.17) is 0 Å². The molecule has 2 rings (SSSR count). The summed E-state index contributed by atoms with van der Waals surface area (Å²) in [5.41, 5.74) is 0. The van der Waals surface area contributed by atoms with Crippen LogP contribution in [0.5, 0.6) is 0 Å². The van der Waals surface area contributed by atoms with Crippen LogP contribution < -0.4 is 5.30 Å². The van der Waals surface area contributed by atoms with Crippen LogP contribution in [-0.4, -0.2) is 28.3 Å². The molecule has 0 spiro atoms. The zero-order valence-corrected chi connectivity index (χ0v) is 9.47. The van der Waals surface area contributed by atoms with Gasteiger partial charge in [-0.15, -0.1) is 0 Å². The van der Waals surface area contributed by atoms with E-state index in [2.05, 4.69) is 0 Å². The molecule has 1 aromatic rings. The van der Waals surface area contributed by atoms with Gasteiger partial charge in [-0.05, 0) is 5.92 Å². The molecule has 3 nitrogen and oxygen atoms in total. The molecule has 0 aliphatic carbocycles. The number of hydrogen-bond acceptors (Lipinski definition) is 3. The lowest BCUT2D eigenvalue weighted by Gasteiger charge is -2.17. The summed E-state index contributed by atoms with van der Waals surface area (Å²) >= 11 is 0. The molecule has 4 heteroatoms. The summed E-state index contributed by atoms with van der Waals surface area (Å²) in [4.78, 5) is 0. The van der Waals surface area contributed by atoms with Crippen molar-refractivity contribution in [2.75, 3.05) is 6.16 Å². The topological polar surface area (TPSA) is 57.5 Å². The number of hydrogen-bond donors (Lipinski definition) is 2. The van der Waals surface area contributed by atoms with Gasteiger partial charge in [-0.1, -0.05) is 37.3 Å². The van der Waals surface area contributed by atoms with Crippen LogP contribution in [0.2, 0.25) is 0 Å². The lowest BCUT2D eigenvalue weighted by molar-refractivity contribution is 0.0493. The van der Waals surface area contributed by atoms with E-state index in [1.807, 2.05) is 13.0 Å². The number of aliphatic hydroxyl groups is 2. The van der Waals surface area contributed by atoms with Crippen LogP contribution in [0, 0.1) is 5.92 Å². The fourth-order valence-corrected chi connectivity index (χ4v) is 5.39. The Morgan fingerprint density at radius 2 is 1.87 bits per heavy atom. The molecular weight excluding hydrogens is 211 g/mol. The van der Waals surface area contributed by atoms with E-state index in [0.29, 0.717) is 11.5 Å². The fourth-order valence-electron chi connectivity index (χ4n) is 2.12. The molecule has 82 valence electrons. The van der Waals surface area contributed by atoms with E-state index in [1.54, 1.807) is 24.3 Å². The van der Waals surface area contributed by atoms with Crippen LogP contribution in [0.1, 0.15) is 6.92 Å². The van der Waals surface area contributed by atoms with Crippen molar-refractivity contribution in [1.82, 2.24) is 0 Å². The Balaban J connectivity index is 2.41. The molecule has 0 saturated carbocycles. The predicted molar refractivity (Wildman–Crippen MR) is 59.7 cm³/mol. The van der Waals surface area contributed by atoms with E-state index >= 15 is 0 Å². The predicted octanol–water partition coefficient (Wildman–Crippen LogP) is 1.00. The Kier molecular flexibility index (Phi) is 2.72. The van der Waals surface area contributed by atoms with Gasteiger partial charge in [0.2, 0.25) is 0 Å². The minimum Gasteiger partial charge on any atom is -0.390 e. The van der Waals surface area contributed by atoms with E-state index in [1.165, 1.54) is 0 Å². The monoisotopic (exact) mass is 226 g/mol. The van der Waals surface area contributed by atoms with Crippen molar-refractivity contribution < 1.29 is 14.8 Å². The summed E-state index contributed by atoms with van der Waals surface area (Å²) < 4.78 is 12.6. The Labute approximate surface area is 89.1 Å². The van der Waals surface area contributed by atoms with Gasteiger partial charge in [0.25, 0.3) is 0 Å². The molecule has 4 unspecified atom stereocenters. The van der Waals surface area contributed by atoms with Gasteiger partial charge in [0.05, 0.1) is 6.10 Å². The molecule has 1 heterocycles. The van der Waals surface area contributed by atoms with E-state index in [-0.39, 0.29) is 5.92 Å². The Morgan fingerprint density at radius 1 is 1.27 bits per heavy atom. The van der Waals surface area contributed by atoms with Crippen molar-refractivity contribution >= 4 is 12.4 Å². The minimum absolute atomic E-state index is 0.106. The van der Waals surface area contributed by atoms with Gasteiger partial charge in [0.15, 0.2) is 0 Å². The van der Waals surface area contributed by atoms with Crippen molar-refractivity contribution in [2.24, 2.45) is 5.92 Å². The van der Waals surface area contributed by atoms with Crippen LogP contribution in [0.15, 0.2) is 30.3 Å². The van der Waals surface area contributed by atoms with Gasteiger partial charge in [-0.25, -0.2) is 0 Å². The first-order chi connectivity index (χ1) is 7.05. The average molecular weight is 226 g/mol. The molecule has 1 aliphatic heterocycles. The molecule has 15 heavy (non-hydrogen) atoms. The van der Waals surface area contributed by atoms with Crippen LogP contribution in [0.25, 0.3) is 0 Å². The highest BCUT2D eigenvalue weighted by atomic mass is 31.2. The van der Waals surface area contributed by atoms with Gasteiger partial charge in [0, 0.05) is 11.5 Å². The first kappa shape index (κ1) is 10.9. The average Bonchev–Trinajstić information content (AvgIpc) is 2.45. The lowest BCUT2D eigenvalue weighted by Crippen LogP contribution is -2.25. The van der Waals surface area contributed by atoms with Gasteiger partial charge in [-0.2, -0.15) is 0 Å². The third-order valence-corrected chi connectivity index (χ3v) is 6.52. The third-order valence-electron chi connectivity index (χ3n) is 3.07. The fraction of sp³-hybridized carbons (Fsp3) is 0.455. The van der Waals surface area contributed by atoms with Gasteiger partial charge in [0.1, 0.15) is 13.0 Å². The number of rotatable bonds is 1. The number of aliphatic hydroxyl groups excluding tert-OH is 2. The third kappa shape index (κ3) is 1.65. The molecule has 2 N–H and O–H groups in total. The van der Waals surface area contributed by atoms with Crippen LogP contribution in [0.3, 0.4) is 0 Å². The Morgan fingerprint density at radius 3 is 2.33 bits per heavy atom. The van der Waals surface area contributed by atoms with Crippen molar-refractivity contribution in [3.8, 4) is 0 Å². The Bertz CT molecular complexity index is 390. The summed E-state index contributed by atoms with van der Waals surface area (Å²) in [7, 11) is -2.82. The first-order valence-corrected chi connectivity index (χ1v) is 7.02. The standard InChI is InChI=1S/C11H15O3P/c1-8-7-15(14,11(13)10(8)12)9-5-3-2-4-6-9/h2-6,8,10-13H,7H2,1H3. The van der Waals surface area contributed by atoms with E-state index < -0.39 is 19.1 Å². The molecule has 1 saturated heterocycles. The van der Waals surface area contributed by atoms with Crippen molar-refractivity contribution in [1.29, 1.82) is 0 Å². The largest absolute Gasteiger partial charge is 0.390 e. The van der Waals surface area contributed by atoms with Crippen LogP contribution in [-0.2, 0) is 4.57 Å². The Hall–Kier alpha value is -0.630. The molecule has 1 aliphatic rings. The molecule has 1 fully saturated rings. The molecule has 1 aromatic carbocycles. The number of benzene rings is 1. The second-order valence-electron chi connectivity index (χ2n) is 4.20. The molecule has 0 aromatic heterocycles. The molecule has 4 atom stereocenters. The van der Waals surface area contributed by atoms with Crippen LogP contribution >= 0.6 is 7.14 Å². The summed E-state index contributed by atoms with van der Waals surface area (Å²) in [6.07, 6.45) is -0.477. The molecule has 0 radical (unpaired) electrons. The highest BCUT2D eigenvalue weighted by Crippen LogP contribution is 2.57. The highest BCUT2D eigenvalue weighted by Gasteiger charge is 2.48. The molecular formula is C11H15O3P. The van der Waals surface area contributed by atoms with Crippen molar-refractivity contribution in [3.05, 3.63) is 30.3 Å². The van der Waals surface area contributed by atoms with Crippen molar-refractivity contribution in [3.63, 3.8) is 0 Å². The zero-order valence-electron chi connectivity index (χ0n) is 8.58. The normalized spacial score (nSPS) is 40.6. The zero-order chi connectivity index (χ0) is 11.1. The highest BCUT2D eigenvalue weighted by molar-refractivity contribution is 7.72. The second-order valence-corrected chi connectivity index (χ2v) is 7.20. The first-order valence-electron chi connectivity index (χ1n) is 5.06. The van der Waals surface area contributed by atoms with E-state index in [9.17, 15) is 14.8 Å². The smallest absolute Gasteiger partial charge is 0.145 e. The second kappa shape index (κ2) is 3.75. The minimum atomic E-state index is -2.82. The SMILES string of the molecule is CC1CP(=O)(c2ccccc2)C(O)C1O. The summed E-state index contributed by atoms with van der Waals surface area (Å²) in [5.74, 6) is -1.21. The summed E-state index contributed by atoms with van der Waals surface area (Å²) in [6.45, 7) is 1.82. The van der Waals surface area contributed by atoms with Gasteiger partial charge >= 0.3 is 0 Å². The maximum Gasteiger partial charge on any atom is 0.145 e. The summed E-state index contributed by atoms with van der Waals surface area (Å²) in [6, 6.07) is 8.97. The van der Waals surface area contributed by atoms with Crippen molar-refractivity contribution in [2.45, 2.75) is 18.9 Å². The van der Waals surface area contributed by atoms with Gasteiger partial charge in [-0.3, -0.25) is 0 Å². The van der Waals surface area contributed by atoms with Crippen LogP contribution in [0.4, 0.5) is 0 Å². The summed E-state index contributed by atoms with van der Waals surface area (Å²) in [5, 5.41) is 20.1. The van der Waals surface area contributed by atoms with Gasteiger partial charge < -0.3 is 14.8 Å². The quantitative estimate of drug-likeness (QED) is 0.702. The maximum absolute atomic E-state index is 12.6. The molecule has 0 bridgehead atoms. The molecule has 0 amide bonds. The lowest BCUT2D eigenvalue weighted by atomic mass is 10.1. The maximum atomic E-state index is 12.6. The van der Waals surface area contributed by atoms with E-state index in [0.717, 1.165) is 0 Å².